The molecule has 7 heteroatoms. The van der Waals surface area contributed by atoms with E-state index < -0.39 is 22.9 Å². The lowest BCUT2D eigenvalue weighted by atomic mass is 9.87. The van der Waals surface area contributed by atoms with Crippen molar-refractivity contribution in [1.82, 2.24) is 5.32 Å². The second-order valence-electron chi connectivity index (χ2n) is 4.43. The molecule has 0 aromatic carbocycles. The van der Waals surface area contributed by atoms with Crippen LogP contribution < -0.4 is 11.1 Å². The van der Waals surface area contributed by atoms with Gasteiger partial charge in [0.1, 0.15) is 0 Å². The van der Waals surface area contributed by atoms with Gasteiger partial charge in [0.2, 0.25) is 5.91 Å². The van der Waals surface area contributed by atoms with Gasteiger partial charge in [-0.15, -0.1) is 0 Å². The minimum Gasteiger partial charge on any atom is -0.354 e. The van der Waals surface area contributed by atoms with Crippen molar-refractivity contribution in [1.29, 1.82) is 0 Å². The highest BCUT2D eigenvalue weighted by molar-refractivity contribution is 8.00. The number of nitrogens with two attached hydrogens (primary N) is 1. The summed E-state index contributed by atoms with van der Waals surface area (Å²) in [5, 5.41) is 2.38. The molecule has 0 saturated heterocycles. The Hall–Kier alpha value is -0.430. The Morgan fingerprint density at radius 3 is 2.25 bits per heavy atom. The number of carbonyl (C=O) groups is 1. The van der Waals surface area contributed by atoms with E-state index >= 15 is 0 Å². The van der Waals surface area contributed by atoms with Crippen molar-refractivity contribution in [2.75, 3.05) is 12.3 Å². The maximum atomic E-state index is 11.8. The summed E-state index contributed by atoms with van der Waals surface area (Å²) in [5.41, 5.74) is 0.967. The number of hydrogen-bond donors (Lipinski definition) is 2. The lowest BCUT2D eigenvalue weighted by Gasteiger charge is -2.25. The second kappa shape index (κ2) is 5.77. The van der Waals surface area contributed by atoms with Gasteiger partial charge in [0.25, 0.3) is 0 Å². The molecule has 0 spiro atoms. The van der Waals surface area contributed by atoms with E-state index in [1.807, 2.05) is 0 Å². The Morgan fingerprint density at radius 2 is 1.88 bits per heavy atom. The molecular formula is C9H17F3N2OS. The summed E-state index contributed by atoms with van der Waals surface area (Å²) in [6.07, 6.45) is 0. The predicted molar refractivity (Wildman–Crippen MR) is 59.0 cm³/mol. The number of alkyl halides is 3. The fourth-order valence-corrected chi connectivity index (χ4v) is 1.28. The summed E-state index contributed by atoms with van der Waals surface area (Å²) >= 11 is -0.161. The van der Waals surface area contributed by atoms with Crippen molar-refractivity contribution in [2.45, 2.75) is 32.3 Å². The maximum Gasteiger partial charge on any atom is 0.441 e. The van der Waals surface area contributed by atoms with E-state index in [4.69, 9.17) is 5.73 Å². The number of rotatable bonds is 4. The van der Waals surface area contributed by atoms with Crippen LogP contribution >= 0.6 is 11.8 Å². The van der Waals surface area contributed by atoms with Crippen LogP contribution in [0.3, 0.4) is 0 Å². The topological polar surface area (TPSA) is 55.1 Å². The van der Waals surface area contributed by atoms with Crippen molar-refractivity contribution >= 4 is 17.7 Å². The number of nitrogens with one attached hydrogen (secondary N) is 1. The van der Waals surface area contributed by atoms with Crippen LogP contribution in [0.25, 0.3) is 0 Å². The molecule has 0 saturated carbocycles. The van der Waals surface area contributed by atoms with Crippen molar-refractivity contribution < 1.29 is 18.0 Å². The van der Waals surface area contributed by atoms with Crippen LogP contribution in [0, 0.1) is 5.41 Å². The number of carbonyl (C=O) groups excluding carboxylic acids is 1. The van der Waals surface area contributed by atoms with E-state index in [2.05, 4.69) is 5.32 Å². The second-order valence-corrected chi connectivity index (χ2v) is 5.59. The van der Waals surface area contributed by atoms with E-state index in [1.165, 1.54) is 0 Å². The summed E-state index contributed by atoms with van der Waals surface area (Å²) in [6, 6.07) is -0.719. The average Bonchev–Trinajstić information content (AvgIpc) is 2.07. The SMILES string of the molecule is CC(C)(C)[C@H](N)C(=O)NCCSC(F)(F)F. The summed E-state index contributed by atoms with van der Waals surface area (Å²) in [5.74, 6) is -0.623. The first-order valence-corrected chi connectivity index (χ1v) is 5.76. The lowest BCUT2D eigenvalue weighted by Crippen LogP contribution is -2.49. The number of thioether (sulfide) groups is 1. The minimum atomic E-state index is -4.25. The average molecular weight is 258 g/mol. The molecule has 96 valence electrons. The fraction of sp³-hybridized carbons (Fsp3) is 0.889. The minimum absolute atomic E-state index is 0.0349. The molecule has 0 fully saturated rings. The normalized spacial score (nSPS) is 14.7. The smallest absolute Gasteiger partial charge is 0.354 e. The van der Waals surface area contributed by atoms with Crippen LogP contribution in [0.4, 0.5) is 13.2 Å². The van der Waals surface area contributed by atoms with Crippen LogP contribution in [0.15, 0.2) is 0 Å². The molecule has 1 amide bonds. The molecular weight excluding hydrogens is 241 g/mol. The van der Waals surface area contributed by atoms with Crippen LogP contribution in [0.1, 0.15) is 20.8 Å². The van der Waals surface area contributed by atoms with E-state index in [-0.39, 0.29) is 24.1 Å². The number of amides is 1. The zero-order valence-electron chi connectivity index (χ0n) is 9.52. The van der Waals surface area contributed by atoms with Crippen molar-refractivity contribution in [3.8, 4) is 0 Å². The largest absolute Gasteiger partial charge is 0.441 e. The number of halogens is 3. The molecule has 0 radical (unpaired) electrons. The first kappa shape index (κ1) is 15.6. The zero-order valence-corrected chi connectivity index (χ0v) is 10.3. The Morgan fingerprint density at radius 1 is 1.38 bits per heavy atom. The third-order valence-electron chi connectivity index (χ3n) is 1.88. The van der Waals surface area contributed by atoms with Gasteiger partial charge < -0.3 is 11.1 Å². The first-order chi connectivity index (χ1) is 7.04. The van der Waals surface area contributed by atoms with Crippen LogP contribution in [-0.2, 0) is 4.79 Å². The Bertz CT molecular complexity index is 238. The van der Waals surface area contributed by atoms with Crippen LogP contribution in [0.5, 0.6) is 0 Å². The van der Waals surface area contributed by atoms with Gasteiger partial charge in [0.15, 0.2) is 0 Å². The highest BCUT2D eigenvalue weighted by Gasteiger charge is 2.29. The molecule has 0 bridgehead atoms. The summed E-state index contributed by atoms with van der Waals surface area (Å²) in [6.45, 7) is 5.35. The predicted octanol–water partition coefficient (Wildman–Crippen LogP) is 1.73. The molecule has 0 unspecified atom stereocenters. The van der Waals surface area contributed by atoms with Gasteiger partial charge in [0.05, 0.1) is 6.04 Å². The van der Waals surface area contributed by atoms with Gasteiger partial charge in [-0.1, -0.05) is 20.8 Å². The van der Waals surface area contributed by atoms with Crippen LogP contribution in [-0.4, -0.2) is 29.8 Å². The molecule has 0 aliphatic carbocycles. The van der Waals surface area contributed by atoms with Crippen molar-refractivity contribution in [3.05, 3.63) is 0 Å². The zero-order chi connectivity index (χ0) is 13.0. The standard InChI is InChI=1S/C9H17F3N2OS/c1-8(2,3)6(13)7(15)14-4-5-16-9(10,11)12/h6H,4-5,13H2,1-3H3,(H,14,15)/t6-/m1/s1. The third kappa shape index (κ3) is 6.95. The quantitative estimate of drug-likeness (QED) is 0.755. The van der Waals surface area contributed by atoms with E-state index in [9.17, 15) is 18.0 Å². The van der Waals surface area contributed by atoms with Gasteiger partial charge in [-0.05, 0) is 17.2 Å². The van der Waals surface area contributed by atoms with Crippen molar-refractivity contribution in [3.63, 3.8) is 0 Å². The van der Waals surface area contributed by atoms with E-state index in [0.717, 1.165) is 0 Å². The Labute approximate surface area is 97.3 Å². The Balaban J connectivity index is 3.83. The molecule has 0 rings (SSSR count). The molecule has 3 N–H and O–H groups in total. The molecule has 0 aromatic rings. The fourth-order valence-electron chi connectivity index (χ4n) is 0.844. The first-order valence-electron chi connectivity index (χ1n) is 4.78. The highest BCUT2D eigenvalue weighted by atomic mass is 32.2. The number of hydrogen-bond acceptors (Lipinski definition) is 3. The Kier molecular flexibility index (Phi) is 5.61. The van der Waals surface area contributed by atoms with Gasteiger partial charge >= 0.3 is 5.51 Å². The van der Waals surface area contributed by atoms with E-state index in [0.29, 0.717) is 0 Å². The van der Waals surface area contributed by atoms with Gasteiger partial charge in [-0.25, -0.2) is 0 Å². The molecule has 0 aromatic heterocycles. The lowest BCUT2D eigenvalue weighted by molar-refractivity contribution is -0.124. The molecule has 0 aliphatic heterocycles. The van der Waals surface area contributed by atoms with E-state index in [1.54, 1.807) is 20.8 Å². The van der Waals surface area contributed by atoms with Gasteiger partial charge in [-0.3, -0.25) is 4.79 Å². The third-order valence-corrected chi connectivity index (χ3v) is 2.62. The highest BCUT2D eigenvalue weighted by Crippen LogP contribution is 2.29. The maximum absolute atomic E-state index is 11.8. The van der Waals surface area contributed by atoms with Gasteiger partial charge in [0, 0.05) is 12.3 Å². The molecule has 16 heavy (non-hydrogen) atoms. The van der Waals surface area contributed by atoms with Gasteiger partial charge in [-0.2, -0.15) is 13.2 Å². The summed E-state index contributed by atoms with van der Waals surface area (Å²) in [7, 11) is 0. The summed E-state index contributed by atoms with van der Waals surface area (Å²) < 4.78 is 35.3. The van der Waals surface area contributed by atoms with Crippen molar-refractivity contribution in [2.24, 2.45) is 11.1 Å². The molecule has 0 aliphatic rings. The van der Waals surface area contributed by atoms with Crippen LogP contribution in [0.2, 0.25) is 0 Å². The molecule has 3 nitrogen and oxygen atoms in total. The molecule has 1 atom stereocenters. The monoisotopic (exact) mass is 258 g/mol. The molecule has 0 heterocycles. The summed E-state index contributed by atoms with van der Waals surface area (Å²) in [4.78, 5) is 11.4.